The van der Waals surface area contributed by atoms with Crippen LogP contribution >= 0.6 is 0 Å². The molecule has 1 aliphatic carbocycles. The molecule has 0 bridgehead atoms. The molecule has 0 aromatic heterocycles. The minimum Gasteiger partial charge on any atom is -0.339 e. The molecule has 0 N–H and O–H groups in total. The summed E-state index contributed by atoms with van der Waals surface area (Å²) < 4.78 is 0. The van der Waals surface area contributed by atoms with Crippen LogP contribution in [0.25, 0.3) is 0 Å². The van der Waals surface area contributed by atoms with Crippen molar-refractivity contribution in [3.63, 3.8) is 0 Å². The summed E-state index contributed by atoms with van der Waals surface area (Å²) in [6, 6.07) is 7.95. The number of piperidine rings is 1. The number of hydrogen-bond acceptors (Lipinski definition) is 1. The van der Waals surface area contributed by atoms with Gasteiger partial charge in [-0.3, -0.25) is 4.79 Å². The molecule has 1 aliphatic heterocycles. The number of aryl methyl sites for hydroxylation is 1. The molecule has 1 aromatic rings. The molecule has 102 valence electrons. The van der Waals surface area contributed by atoms with Crippen LogP contribution in [0.4, 0.5) is 0 Å². The van der Waals surface area contributed by atoms with Gasteiger partial charge in [-0.1, -0.05) is 31.0 Å². The van der Waals surface area contributed by atoms with Crippen molar-refractivity contribution in [2.75, 3.05) is 13.1 Å². The molecule has 2 nitrogen and oxygen atoms in total. The van der Waals surface area contributed by atoms with Crippen molar-refractivity contribution >= 4 is 5.91 Å². The largest absolute Gasteiger partial charge is 0.339 e. The van der Waals surface area contributed by atoms with E-state index in [9.17, 15) is 4.79 Å². The average molecular weight is 257 g/mol. The van der Waals surface area contributed by atoms with Gasteiger partial charge in [0.1, 0.15) is 0 Å². The zero-order valence-corrected chi connectivity index (χ0v) is 12.0. The number of likely N-dealkylation sites (tertiary alicyclic amines) is 1. The molecular weight excluding hydrogens is 234 g/mol. The lowest BCUT2D eigenvalue weighted by molar-refractivity contribution is 0.0668. The first-order valence-corrected chi connectivity index (χ1v) is 7.50. The molecular formula is C17H23NO. The van der Waals surface area contributed by atoms with Crippen molar-refractivity contribution in [1.82, 2.24) is 4.90 Å². The highest BCUT2D eigenvalue weighted by Crippen LogP contribution is 2.60. The minimum atomic E-state index is 0.212. The van der Waals surface area contributed by atoms with E-state index in [-0.39, 0.29) is 5.91 Å². The maximum absolute atomic E-state index is 12.4. The number of amides is 1. The number of benzene rings is 1. The monoisotopic (exact) mass is 257 g/mol. The Hall–Kier alpha value is -1.31. The highest BCUT2D eigenvalue weighted by Gasteiger charge is 2.53. The second-order valence-electron chi connectivity index (χ2n) is 6.33. The van der Waals surface area contributed by atoms with Crippen LogP contribution in [-0.4, -0.2) is 23.9 Å². The third-order valence-electron chi connectivity index (χ3n) is 5.20. The lowest BCUT2D eigenvalue weighted by Gasteiger charge is -2.33. The Balaban J connectivity index is 1.62. The van der Waals surface area contributed by atoms with Crippen LogP contribution in [0.2, 0.25) is 0 Å². The molecule has 1 saturated carbocycles. The van der Waals surface area contributed by atoms with Crippen LogP contribution in [0.3, 0.4) is 0 Å². The van der Waals surface area contributed by atoms with Gasteiger partial charge < -0.3 is 4.90 Å². The molecule has 2 fully saturated rings. The fourth-order valence-corrected chi connectivity index (χ4v) is 3.66. The first-order valence-electron chi connectivity index (χ1n) is 7.50. The Kier molecular flexibility index (Phi) is 3.12. The normalized spacial score (nSPS) is 24.5. The van der Waals surface area contributed by atoms with E-state index in [4.69, 9.17) is 0 Å². The molecule has 0 radical (unpaired) electrons. The van der Waals surface area contributed by atoms with Crippen LogP contribution in [0.5, 0.6) is 0 Å². The molecule has 1 saturated heterocycles. The topological polar surface area (TPSA) is 20.3 Å². The molecule has 1 amide bonds. The van der Waals surface area contributed by atoms with Crippen molar-refractivity contribution in [2.24, 2.45) is 11.3 Å². The Morgan fingerprint density at radius 3 is 2.42 bits per heavy atom. The van der Waals surface area contributed by atoms with E-state index < -0.39 is 0 Å². The maximum atomic E-state index is 12.4. The van der Waals surface area contributed by atoms with Crippen LogP contribution in [0.1, 0.15) is 48.5 Å². The van der Waals surface area contributed by atoms with Crippen LogP contribution in [-0.2, 0) is 0 Å². The molecule has 3 rings (SSSR count). The van der Waals surface area contributed by atoms with Gasteiger partial charge in [0.2, 0.25) is 0 Å². The van der Waals surface area contributed by atoms with Crippen LogP contribution in [0.15, 0.2) is 24.3 Å². The Labute approximate surface area is 115 Å². The van der Waals surface area contributed by atoms with Crippen molar-refractivity contribution in [1.29, 1.82) is 0 Å². The summed E-state index contributed by atoms with van der Waals surface area (Å²) in [5, 5.41) is 0. The smallest absolute Gasteiger partial charge is 0.253 e. The van der Waals surface area contributed by atoms with Crippen LogP contribution in [0, 0.1) is 18.3 Å². The maximum Gasteiger partial charge on any atom is 0.253 e. The second kappa shape index (κ2) is 4.66. The van der Waals surface area contributed by atoms with E-state index in [1.165, 1.54) is 31.2 Å². The molecule has 1 atom stereocenters. The summed E-state index contributed by atoms with van der Waals surface area (Å²) in [5.41, 5.74) is 2.65. The summed E-state index contributed by atoms with van der Waals surface area (Å²) in [7, 11) is 0. The van der Waals surface area contributed by atoms with E-state index in [1.807, 2.05) is 29.2 Å². The zero-order valence-electron chi connectivity index (χ0n) is 12.0. The Morgan fingerprint density at radius 1 is 1.26 bits per heavy atom. The molecule has 1 spiro atoms. The summed E-state index contributed by atoms with van der Waals surface area (Å²) in [6.45, 7) is 6.24. The standard InChI is InChI=1S/C17H23NO/c1-3-15-12-17(15)8-10-18(11-9-17)16(19)14-6-4-13(2)5-7-14/h4-7,15H,3,8-12H2,1-2H3. The van der Waals surface area contributed by atoms with Gasteiger partial charge in [-0.2, -0.15) is 0 Å². The summed E-state index contributed by atoms with van der Waals surface area (Å²) in [4.78, 5) is 14.5. The fraction of sp³-hybridized carbons (Fsp3) is 0.588. The van der Waals surface area contributed by atoms with E-state index in [1.54, 1.807) is 0 Å². The minimum absolute atomic E-state index is 0.212. The van der Waals surface area contributed by atoms with Gasteiger partial charge in [-0.05, 0) is 49.7 Å². The number of nitrogens with zero attached hydrogens (tertiary/aromatic N) is 1. The molecule has 2 aliphatic rings. The van der Waals surface area contributed by atoms with Crippen molar-refractivity contribution in [2.45, 2.75) is 39.5 Å². The SMILES string of the molecule is CCC1CC12CCN(C(=O)c1ccc(C)cc1)CC2. The first-order chi connectivity index (χ1) is 9.14. The lowest BCUT2D eigenvalue weighted by Crippen LogP contribution is -2.39. The van der Waals surface area contributed by atoms with Gasteiger partial charge in [-0.25, -0.2) is 0 Å². The molecule has 1 aromatic carbocycles. The number of hydrogen-bond donors (Lipinski definition) is 0. The summed E-state index contributed by atoms with van der Waals surface area (Å²) in [6.07, 6.45) is 5.13. The van der Waals surface area contributed by atoms with Crippen molar-refractivity contribution < 1.29 is 4.79 Å². The van der Waals surface area contributed by atoms with Gasteiger partial charge in [0.15, 0.2) is 0 Å². The zero-order chi connectivity index (χ0) is 13.5. The van der Waals surface area contributed by atoms with Crippen molar-refractivity contribution in [3.05, 3.63) is 35.4 Å². The van der Waals surface area contributed by atoms with E-state index >= 15 is 0 Å². The molecule has 1 unspecified atom stereocenters. The Bertz CT molecular complexity index is 469. The van der Waals surface area contributed by atoms with Crippen molar-refractivity contribution in [3.8, 4) is 0 Å². The second-order valence-corrected chi connectivity index (χ2v) is 6.33. The molecule has 2 heteroatoms. The van der Waals surface area contributed by atoms with Gasteiger partial charge >= 0.3 is 0 Å². The highest BCUT2D eigenvalue weighted by molar-refractivity contribution is 5.94. The number of rotatable bonds is 2. The van der Waals surface area contributed by atoms with Gasteiger partial charge in [0.25, 0.3) is 5.91 Å². The predicted molar refractivity (Wildman–Crippen MR) is 77.1 cm³/mol. The summed E-state index contributed by atoms with van der Waals surface area (Å²) in [5.74, 6) is 1.15. The lowest BCUT2D eigenvalue weighted by atomic mass is 9.90. The third kappa shape index (κ3) is 2.29. The Morgan fingerprint density at radius 2 is 1.89 bits per heavy atom. The average Bonchev–Trinajstić information content (AvgIpc) is 3.12. The predicted octanol–water partition coefficient (Wildman–Crippen LogP) is 3.65. The fourth-order valence-electron chi connectivity index (χ4n) is 3.66. The quantitative estimate of drug-likeness (QED) is 0.792. The van der Waals surface area contributed by atoms with Crippen LogP contribution < -0.4 is 0 Å². The van der Waals surface area contributed by atoms with Gasteiger partial charge in [0.05, 0.1) is 0 Å². The van der Waals surface area contributed by atoms with Gasteiger partial charge in [0, 0.05) is 18.7 Å². The van der Waals surface area contributed by atoms with E-state index in [0.29, 0.717) is 5.41 Å². The van der Waals surface area contributed by atoms with Gasteiger partial charge in [-0.15, -0.1) is 0 Å². The highest BCUT2D eigenvalue weighted by atomic mass is 16.2. The third-order valence-corrected chi connectivity index (χ3v) is 5.20. The first kappa shape index (κ1) is 12.7. The molecule has 1 heterocycles. The van der Waals surface area contributed by atoms with E-state index in [0.717, 1.165) is 24.6 Å². The number of carbonyl (C=O) groups is 1. The van der Waals surface area contributed by atoms with E-state index in [2.05, 4.69) is 13.8 Å². The summed E-state index contributed by atoms with van der Waals surface area (Å²) >= 11 is 0. The number of carbonyl (C=O) groups excluding carboxylic acids is 1. The molecule has 19 heavy (non-hydrogen) atoms.